The van der Waals surface area contributed by atoms with E-state index in [1.165, 1.54) is 0 Å². The Hall–Kier alpha value is -3.81. The average molecular weight is 395 g/mol. The van der Waals surface area contributed by atoms with Crippen LogP contribution in [0.4, 0.5) is 0 Å². The molecule has 29 heavy (non-hydrogen) atoms. The van der Waals surface area contributed by atoms with Gasteiger partial charge in [0.25, 0.3) is 11.8 Å². The largest absolute Gasteiger partial charge is 0.485 e. The van der Waals surface area contributed by atoms with Crippen LogP contribution in [0.15, 0.2) is 52.9 Å². The summed E-state index contributed by atoms with van der Waals surface area (Å²) < 4.78 is 21.4. The number of aryl methyl sites for hydroxylation is 1. The van der Waals surface area contributed by atoms with E-state index in [0.717, 1.165) is 5.39 Å². The van der Waals surface area contributed by atoms with Gasteiger partial charge in [0.2, 0.25) is 11.9 Å². The van der Waals surface area contributed by atoms with Crippen molar-refractivity contribution < 1.29 is 33.0 Å². The highest BCUT2D eigenvalue weighted by Gasteiger charge is 2.29. The monoisotopic (exact) mass is 395 g/mol. The van der Waals surface area contributed by atoms with Gasteiger partial charge in [-0.15, -0.1) is 0 Å². The van der Waals surface area contributed by atoms with Crippen molar-refractivity contribution in [2.24, 2.45) is 0 Å². The number of benzene rings is 2. The number of imide groups is 1. The second kappa shape index (κ2) is 7.67. The third kappa shape index (κ3) is 3.77. The Morgan fingerprint density at radius 1 is 1.07 bits per heavy atom. The Balaban J connectivity index is 1.32. The molecule has 8 nitrogen and oxygen atoms in total. The van der Waals surface area contributed by atoms with Crippen molar-refractivity contribution in [3.8, 4) is 11.5 Å². The molecule has 0 saturated carbocycles. The summed E-state index contributed by atoms with van der Waals surface area (Å²) in [6.07, 6.45) is -0.984. The van der Waals surface area contributed by atoms with E-state index >= 15 is 0 Å². The normalized spacial score (nSPS) is 15.0. The van der Waals surface area contributed by atoms with Gasteiger partial charge in [0.15, 0.2) is 18.1 Å². The molecule has 1 atom stereocenters. The lowest BCUT2D eigenvalue weighted by molar-refractivity contribution is -0.137. The molecule has 2 aromatic carbocycles. The predicted octanol–water partition coefficient (Wildman–Crippen LogP) is 2.38. The summed E-state index contributed by atoms with van der Waals surface area (Å²) >= 11 is 0. The molecule has 0 unspecified atom stereocenters. The molecule has 8 heteroatoms. The minimum absolute atomic E-state index is 0.0194. The van der Waals surface area contributed by atoms with E-state index in [9.17, 15) is 14.4 Å². The Kier molecular flexibility index (Phi) is 4.90. The summed E-state index contributed by atoms with van der Waals surface area (Å²) in [6.45, 7) is 1.06. The zero-order valence-electron chi connectivity index (χ0n) is 15.5. The molecule has 1 aliphatic rings. The Morgan fingerprint density at radius 3 is 2.59 bits per heavy atom. The zero-order chi connectivity index (χ0) is 20.4. The van der Waals surface area contributed by atoms with Crippen LogP contribution >= 0.6 is 0 Å². The van der Waals surface area contributed by atoms with Gasteiger partial charge >= 0.3 is 5.97 Å². The summed E-state index contributed by atoms with van der Waals surface area (Å²) in [5.74, 6) is -1.28. The second-order valence-corrected chi connectivity index (χ2v) is 6.41. The van der Waals surface area contributed by atoms with Gasteiger partial charge in [-0.2, -0.15) is 0 Å². The summed E-state index contributed by atoms with van der Waals surface area (Å²) in [5.41, 5.74) is 1.17. The Morgan fingerprint density at radius 2 is 1.79 bits per heavy atom. The standard InChI is InChI=1S/C21H17NO7/c1-12-13-6-2-3-7-14(13)29-19(12)21(25)27-11-18(23)22-20(24)17-10-26-15-8-4-5-9-16(15)28-17/h2-9,17H,10-11H2,1H3,(H,22,23,24)/t17-/m1/s1. The third-order valence-corrected chi connectivity index (χ3v) is 4.43. The fraction of sp³-hybridized carbons (Fsp3) is 0.190. The molecule has 3 aromatic rings. The van der Waals surface area contributed by atoms with Gasteiger partial charge in [0.05, 0.1) is 0 Å². The second-order valence-electron chi connectivity index (χ2n) is 6.41. The summed E-state index contributed by atoms with van der Waals surface area (Å²) in [6, 6.07) is 14.1. The number of carbonyl (C=O) groups is 3. The first-order chi connectivity index (χ1) is 14.0. The molecule has 0 bridgehead atoms. The number of nitrogens with one attached hydrogen (secondary N) is 1. The number of carbonyl (C=O) groups excluding carboxylic acids is 3. The number of rotatable bonds is 4. The molecule has 2 amide bonds. The molecule has 0 fully saturated rings. The van der Waals surface area contributed by atoms with Gasteiger partial charge in [0, 0.05) is 10.9 Å². The van der Waals surface area contributed by atoms with E-state index in [2.05, 4.69) is 5.32 Å². The van der Waals surface area contributed by atoms with Gasteiger partial charge in [-0.3, -0.25) is 14.9 Å². The van der Waals surface area contributed by atoms with E-state index < -0.39 is 30.5 Å². The molecule has 1 N–H and O–H groups in total. The van der Waals surface area contributed by atoms with Gasteiger partial charge in [-0.05, 0) is 25.1 Å². The SMILES string of the molecule is Cc1c(C(=O)OCC(=O)NC(=O)[C@H]2COc3ccccc3O2)oc2ccccc12. The van der Waals surface area contributed by atoms with E-state index in [4.69, 9.17) is 18.6 Å². The number of ether oxygens (including phenoxy) is 3. The maximum Gasteiger partial charge on any atom is 0.375 e. The van der Waals surface area contributed by atoms with Gasteiger partial charge in [-0.1, -0.05) is 30.3 Å². The van der Waals surface area contributed by atoms with Crippen LogP contribution in [0.1, 0.15) is 16.1 Å². The van der Waals surface area contributed by atoms with Crippen molar-refractivity contribution >= 4 is 28.8 Å². The molecule has 148 valence electrons. The molecule has 4 rings (SSSR count). The van der Waals surface area contributed by atoms with Crippen LogP contribution in [-0.4, -0.2) is 37.1 Å². The van der Waals surface area contributed by atoms with E-state index in [1.54, 1.807) is 43.3 Å². The third-order valence-electron chi connectivity index (χ3n) is 4.43. The highest BCUT2D eigenvalue weighted by Crippen LogP contribution is 2.30. The first-order valence-electron chi connectivity index (χ1n) is 8.90. The minimum Gasteiger partial charge on any atom is -0.485 e. The van der Waals surface area contributed by atoms with Crippen LogP contribution in [0.5, 0.6) is 11.5 Å². The number of fused-ring (bicyclic) bond motifs is 2. The van der Waals surface area contributed by atoms with Gasteiger partial charge in [0.1, 0.15) is 12.2 Å². The zero-order valence-corrected chi connectivity index (χ0v) is 15.5. The van der Waals surface area contributed by atoms with Crippen molar-refractivity contribution in [2.75, 3.05) is 13.2 Å². The minimum atomic E-state index is -0.984. The fourth-order valence-electron chi connectivity index (χ4n) is 2.97. The number of hydrogen-bond donors (Lipinski definition) is 1. The number of amides is 2. The predicted molar refractivity (Wildman–Crippen MR) is 101 cm³/mol. The van der Waals surface area contributed by atoms with Crippen LogP contribution < -0.4 is 14.8 Å². The van der Waals surface area contributed by atoms with Crippen molar-refractivity contribution in [3.05, 3.63) is 59.9 Å². The first kappa shape index (κ1) is 18.5. The molecule has 2 heterocycles. The Bertz CT molecular complexity index is 1100. The molecular formula is C21H17NO7. The van der Waals surface area contributed by atoms with Crippen LogP contribution in [0.2, 0.25) is 0 Å². The maximum absolute atomic E-state index is 12.2. The molecule has 0 aliphatic carbocycles. The van der Waals surface area contributed by atoms with E-state index in [1.807, 2.05) is 12.1 Å². The highest BCUT2D eigenvalue weighted by molar-refractivity contribution is 6.00. The molecule has 1 aliphatic heterocycles. The van der Waals surface area contributed by atoms with Crippen molar-refractivity contribution in [2.45, 2.75) is 13.0 Å². The molecule has 0 radical (unpaired) electrons. The maximum atomic E-state index is 12.2. The van der Waals surface area contributed by atoms with Gasteiger partial charge < -0.3 is 18.6 Å². The smallest absolute Gasteiger partial charge is 0.375 e. The lowest BCUT2D eigenvalue weighted by atomic mass is 10.1. The number of esters is 1. The topological polar surface area (TPSA) is 104 Å². The quantitative estimate of drug-likeness (QED) is 0.677. The van der Waals surface area contributed by atoms with E-state index in [-0.39, 0.29) is 12.4 Å². The highest BCUT2D eigenvalue weighted by atomic mass is 16.6. The van der Waals surface area contributed by atoms with Gasteiger partial charge in [-0.25, -0.2) is 4.79 Å². The van der Waals surface area contributed by atoms with Crippen molar-refractivity contribution in [1.29, 1.82) is 0 Å². The van der Waals surface area contributed by atoms with Crippen LogP contribution in [0.3, 0.4) is 0 Å². The lowest BCUT2D eigenvalue weighted by Gasteiger charge is -2.25. The van der Waals surface area contributed by atoms with E-state index in [0.29, 0.717) is 22.6 Å². The Labute approximate surface area is 165 Å². The molecular weight excluding hydrogens is 378 g/mol. The van der Waals surface area contributed by atoms with Crippen LogP contribution in [0, 0.1) is 6.92 Å². The van der Waals surface area contributed by atoms with Crippen LogP contribution in [-0.2, 0) is 14.3 Å². The number of furan rings is 1. The molecule has 0 saturated heterocycles. The van der Waals surface area contributed by atoms with Crippen molar-refractivity contribution in [1.82, 2.24) is 5.32 Å². The van der Waals surface area contributed by atoms with Crippen LogP contribution in [0.25, 0.3) is 11.0 Å². The summed E-state index contributed by atoms with van der Waals surface area (Å²) in [7, 11) is 0. The molecule has 0 spiro atoms. The average Bonchev–Trinajstić information content (AvgIpc) is 3.08. The lowest BCUT2D eigenvalue weighted by Crippen LogP contribution is -2.47. The molecule has 1 aromatic heterocycles. The number of hydrogen-bond acceptors (Lipinski definition) is 7. The summed E-state index contributed by atoms with van der Waals surface area (Å²) in [5, 5.41) is 2.92. The number of para-hydroxylation sites is 3. The van der Waals surface area contributed by atoms with Crippen molar-refractivity contribution in [3.63, 3.8) is 0 Å². The first-order valence-corrected chi connectivity index (χ1v) is 8.90. The summed E-state index contributed by atoms with van der Waals surface area (Å²) in [4.78, 5) is 36.4. The fourth-order valence-corrected chi connectivity index (χ4v) is 2.97.